The van der Waals surface area contributed by atoms with Crippen molar-refractivity contribution in [2.24, 2.45) is 0 Å². The first-order valence-electron chi connectivity index (χ1n) is 20.2. The van der Waals surface area contributed by atoms with Crippen molar-refractivity contribution in [2.75, 3.05) is 0 Å². The van der Waals surface area contributed by atoms with Crippen LogP contribution in [0.3, 0.4) is 0 Å². The maximum absolute atomic E-state index is 5.18. The van der Waals surface area contributed by atoms with Crippen LogP contribution in [0.2, 0.25) is 20.5 Å². The van der Waals surface area contributed by atoms with Crippen LogP contribution in [0.25, 0.3) is 69.3 Å². The number of hydrogen-bond acceptors (Lipinski definition) is 7. The molecule has 0 saturated carbocycles. The van der Waals surface area contributed by atoms with Gasteiger partial charge in [0, 0.05) is 21.2 Å². The molecule has 302 valence electrons. The Hall–Kier alpha value is -6.55. The maximum atomic E-state index is 5.18. The Morgan fingerprint density at radius 2 is 1.48 bits per heavy atom. The van der Waals surface area contributed by atoms with Crippen LogP contribution in [0.1, 0.15) is 45.1 Å². The van der Waals surface area contributed by atoms with Gasteiger partial charge in [0.05, 0.1) is 5.35 Å². The third-order valence-electron chi connectivity index (χ3n) is 9.77. The first-order chi connectivity index (χ1) is 30.2. The van der Waals surface area contributed by atoms with Crippen molar-refractivity contribution in [3.63, 3.8) is 0 Å². The van der Waals surface area contributed by atoms with Gasteiger partial charge in [-0.05, 0) is 6.08 Å². The van der Waals surface area contributed by atoms with Gasteiger partial charge in [-0.3, -0.25) is 0 Å². The zero-order valence-electron chi connectivity index (χ0n) is 36.0. The van der Waals surface area contributed by atoms with E-state index in [0.29, 0.717) is 23.0 Å². The van der Waals surface area contributed by atoms with Crippen LogP contribution in [0.4, 0.5) is 0 Å². The number of thiazole rings is 2. The molecule has 0 spiro atoms. The van der Waals surface area contributed by atoms with Crippen molar-refractivity contribution in [2.45, 2.75) is 34.3 Å². The second-order valence-corrected chi connectivity index (χ2v) is 16.0. The van der Waals surface area contributed by atoms with Crippen LogP contribution in [-0.2, 0) is 0 Å². The molecule has 4 heterocycles. The molecule has 2 aromatic carbocycles. The molecule has 0 aliphatic carbocycles. The SMILES string of the molecule is C=C/C=C\c1c(/C=C(C=C)/C(C)=C/C(=C\C=C)c2nc(=C/C(=C)c3nc(-c4ccccc4)nc(-c4ccccc4)n3)/c(=C/[B]C)s2)c([B]C)n(-c2nc(C=C)c(C=BC)s2)c1C. The molecular weight excluding hydrogens is 793 g/mol. The van der Waals surface area contributed by atoms with Crippen molar-refractivity contribution in [1.82, 2.24) is 29.5 Å². The van der Waals surface area contributed by atoms with Gasteiger partial charge in [-0.15, -0.1) is 17.3 Å². The van der Waals surface area contributed by atoms with Gasteiger partial charge in [0.2, 0.25) is 0 Å². The zero-order chi connectivity index (χ0) is 44.2. The molecule has 2 radical (unpaired) electrons. The Balaban J connectivity index is 1.44. The van der Waals surface area contributed by atoms with Crippen molar-refractivity contribution >= 4 is 97.1 Å². The summed E-state index contributed by atoms with van der Waals surface area (Å²) < 4.78 is 3.19. The molecule has 6 nitrogen and oxygen atoms in total. The van der Waals surface area contributed by atoms with E-state index in [-0.39, 0.29) is 0 Å². The van der Waals surface area contributed by atoms with Gasteiger partial charge in [0.1, 0.15) is 12.3 Å². The van der Waals surface area contributed by atoms with E-state index in [2.05, 4.69) is 95.6 Å². The fourth-order valence-electron chi connectivity index (χ4n) is 6.79. The number of benzene rings is 2. The summed E-state index contributed by atoms with van der Waals surface area (Å²) in [6, 6.07) is 19.8. The molecule has 0 amide bonds. The van der Waals surface area contributed by atoms with Crippen molar-refractivity contribution in [3.8, 4) is 27.9 Å². The van der Waals surface area contributed by atoms with Crippen LogP contribution < -0.4 is 15.5 Å². The first-order valence-corrected chi connectivity index (χ1v) is 21.8. The van der Waals surface area contributed by atoms with Crippen LogP contribution in [-0.4, -0.2) is 56.9 Å². The summed E-state index contributed by atoms with van der Waals surface area (Å²) in [5, 5.41) is 2.45. The average Bonchev–Trinajstić information content (AvgIpc) is 3.97. The zero-order valence-corrected chi connectivity index (χ0v) is 37.6. The van der Waals surface area contributed by atoms with Gasteiger partial charge in [0.15, 0.2) is 17.5 Å². The molecule has 0 aliphatic heterocycles. The Labute approximate surface area is 376 Å². The molecule has 6 rings (SSSR count). The second kappa shape index (κ2) is 21.3. The molecule has 0 saturated heterocycles. The van der Waals surface area contributed by atoms with E-state index in [1.807, 2.05) is 113 Å². The minimum absolute atomic E-state index is 0.473. The first kappa shape index (κ1) is 45.0. The number of rotatable bonds is 17. The van der Waals surface area contributed by atoms with Crippen molar-refractivity contribution in [3.05, 3.63) is 189 Å². The summed E-state index contributed by atoms with van der Waals surface area (Å²) in [5.41, 5.74) is 10.3. The Morgan fingerprint density at radius 1 is 0.806 bits per heavy atom. The number of aromatic nitrogens is 6. The summed E-state index contributed by atoms with van der Waals surface area (Å²) in [4.78, 5) is 25.8. The number of allylic oxidation sites excluding steroid dienone is 10. The Bertz CT molecular complexity index is 2890. The van der Waals surface area contributed by atoms with Gasteiger partial charge in [0.25, 0.3) is 0 Å². The molecule has 0 atom stereocenters. The van der Waals surface area contributed by atoms with Gasteiger partial charge in [-0.25, -0.2) is 19.9 Å². The van der Waals surface area contributed by atoms with E-state index in [1.54, 1.807) is 40.9 Å². The molecule has 62 heavy (non-hydrogen) atoms. The summed E-state index contributed by atoms with van der Waals surface area (Å²) >= 11 is 3.22. The van der Waals surface area contributed by atoms with Crippen molar-refractivity contribution < 1.29 is 0 Å². The van der Waals surface area contributed by atoms with Crippen LogP contribution in [0.5, 0.6) is 0 Å². The van der Waals surface area contributed by atoms with Crippen molar-refractivity contribution in [1.29, 1.82) is 0 Å². The molecule has 6 aromatic rings. The molecule has 0 N–H and O–H groups in total. The number of hydrogen-bond donors (Lipinski definition) is 0. The van der Waals surface area contributed by atoms with Crippen LogP contribution in [0.15, 0.2) is 141 Å². The van der Waals surface area contributed by atoms with Gasteiger partial charge >= 0.3 is 186 Å². The molecule has 0 unspecified atom stereocenters. The molecule has 11 heteroatoms. The van der Waals surface area contributed by atoms with E-state index in [0.717, 1.165) is 80.9 Å². The fraction of sp³-hybridized carbons (Fsp3) is 0.0980. The average molecular weight is 841 g/mol. The predicted molar refractivity (Wildman–Crippen MR) is 275 cm³/mol. The Morgan fingerprint density at radius 3 is 2.05 bits per heavy atom. The summed E-state index contributed by atoms with van der Waals surface area (Å²) in [5.74, 6) is 5.75. The third-order valence-corrected chi connectivity index (χ3v) is 11.9. The van der Waals surface area contributed by atoms with E-state index in [1.165, 1.54) is 0 Å². The predicted octanol–water partition coefficient (Wildman–Crippen LogP) is 10.1. The number of nitrogens with zero attached hydrogens (tertiary/aromatic N) is 6. The third kappa shape index (κ3) is 10.1. The molecule has 4 aromatic heterocycles. The molecule has 0 bridgehead atoms. The van der Waals surface area contributed by atoms with E-state index in [9.17, 15) is 0 Å². The summed E-state index contributed by atoms with van der Waals surface area (Å²) in [7, 11) is 4.14. The quantitative estimate of drug-likeness (QED) is 0.0676. The van der Waals surface area contributed by atoms with E-state index < -0.39 is 0 Å². The van der Waals surface area contributed by atoms with Crippen LogP contribution in [0, 0.1) is 6.92 Å². The Kier molecular flexibility index (Phi) is 15.5. The normalized spacial score (nSPS) is 12.8. The second-order valence-electron chi connectivity index (χ2n) is 13.9. The van der Waals surface area contributed by atoms with E-state index in [4.69, 9.17) is 24.9 Å². The topological polar surface area (TPSA) is 69.4 Å². The molecular formula is C51H47B3N6S2. The molecule has 0 fully saturated rings. The summed E-state index contributed by atoms with van der Waals surface area (Å²) in [6.07, 6.45) is 19.6. The molecule has 0 aliphatic rings. The van der Waals surface area contributed by atoms with Gasteiger partial charge < -0.3 is 0 Å². The summed E-state index contributed by atoms with van der Waals surface area (Å²) in [6.45, 7) is 33.0. The monoisotopic (exact) mass is 840 g/mol. The van der Waals surface area contributed by atoms with Gasteiger partial charge in [-0.1, -0.05) is 92.8 Å². The standard InChI is InChI=1S/C51H47B3N6S2/c1-11-15-27-40-35(7)60(51-56-42(14-4)44(62-51)31-52-8)46(54-10)41(40)30-36(13-3)33(5)28-39(22-12-2)50-55-43(45(61-50)32-53-9)29-34(6)47-57-48(37-23-18-16-19-24-37)59-49(58-47)38-25-20-17-21-26-38/h11-32H,1-4,6H2,5,7-10H3/b27-15-,33-28+,36-30+,39-22+,43-29+,45-32-. The van der Waals surface area contributed by atoms with Gasteiger partial charge in [-0.2, -0.15) is 0 Å². The fourth-order valence-corrected chi connectivity index (χ4v) is 8.91. The minimum atomic E-state index is 0.473. The van der Waals surface area contributed by atoms with E-state index >= 15 is 0 Å². The van der Waals surface area contributed by atoms with Crippen LogP contribution >= 0.6 is 22.7 Å².